The SMILES string of the molecule is CCNC(=O)C(Cc1ccccc1)N(Cc1ccc(Cl)cc1)C(=O)COc1ccc(F)cc1. The molecular formula is C26H26ClFN2O3. The van der Waals surface area contributed by atoms with Gasteiger partial charge in [0.25, 0.3) is 5.91 Å². The van der Waals surface area contributed by atoms with Crippen molar-refractivity contribution in [1.82, 2.24) is 10.2 Å². The zero-order chi connectivity index (χ0) is 23.6. The lowest BCUT2D eigenvalue weighted by molar-refractivity contribution is -0.142. The smallest absolute Gasteiger partial charge is 0.261 e. The molecule has 3 aromatic carbocycles. The fourth-order valence-corrected chi connectivity index (χ4v) is 3.52. The molecule has 0 aromatic heterocycles. The quantitative estimate of drug-likeness (QED) is 0.472. The maximum Gasteiger partial charge on any atom is 0.261 e. The summed E-state index contributed by atoms with van der Waals surface area (Å²) >= 11 is 6.01. The molecular weight excluding hydrogens is 443 g/mol. The molecule has 0 heterocycles. The van der Waals surface area contributed by atoms with Crippen LogP contribution in [0.1, 0.15) is 18.1 Å². The van der Waals surface area contributed by atoms with Crippen LogP contribution in [0, 0.1) is 5.82 Å². The van der Waals surface area contributed by atoms with Crippen molar-refractivity contribution >= 4 is 23.4 Å². The minimum Gasteiger partial charge on any atom is -0.484 e. The first kappa shape index (κ1) is 24.3. The molecule has 3 aromatic rings. The second-order valence-electron chi connectivity index (χ2n) is 7.49. The first-order chi connectivity index (χ1) is 16.0. The fourth-order valence-electron chi connectivity index (χ4n) is 3.39. The topological polar surface area (TPSA) is 58.6 Å². The highest BCUT2D eigenvalue weighted by Gasteiger charge is 2.30. The van der Waals surface area contributed by atoms with Gasteiger partial charge >= 0.3 is 0 Å². The van der Waals surface area contributed by atoms with Crippen molar-refractivity contribution in [2.45, 2.75) is 25.9 Å². The van der Waals surface area contributed by atoms with E-state index in [1.165, 1.54) is 29.2 Å². The van der Waals surface area contributed by atoms with Gasteiger partial charge in [0.2, 0.25) is 5.91 Å². The van der Waals surface area contributed by atoms with E-state index in [4.69, 9.17) is 16.3 Å². The van der Waals surface area contributed by atoms with E-state index >= 15 is 0 Å². The van der Waals surface area contributed by atoms with Gasteiger partial charge in [-0.2, -0.15) is 0 Å². The van der Waals surface area contributed by atoms with Gasteiger partial charge in [-0.05, 0) is 54.4 Å². The van der Waals surface area contributed by atoms with Crippen molar-refractivity contribution in [3.63, 3.8) is 0 Å². The van der Waals surface area contributed by atoms with E-state index in [0.29, 0.717) is 23.7 Å². The van der Waals surface area contributed by atoms with Gasteiger partial charge in [-0.1, -0.05) is 54.1 Å². The Morgan fingerprint density at radius 1 is 0.970 bits per heavy atom. The normalized spacial score (nSPS) is 11.5. The Balaban J connectivity index is 1.87. The summed E-state index contributed by atoms with van der Waals surface area (Å²) in [5.74, 6) is -0.627. The number of halogens is 2. The van der Waals surface area contributed by atoms with Crippen LogP contribution in [-0.4, -0.2) is 35.9 Å². The van der Waals surface area contributed by atoms with E-state index < -0.39 is 11.9 Å². The third-order valence-corrected chi connectivity index (χ3v) is 5.32. The van der Waals surface area contributed by atoms with Crippen molar-refractivity contribution in [2.24, 2.45) is 0 Å². The average molecular weight is 469 g/mol. The number of rotatable bonds is 10. The molecule has 172 valence electrons. The van der Waals surface area contributed by atoms with Crippen LogP contribution >= 0.6 is 11.6 Å². The molecule has 0 aliphatic carbocycles. The van der Waals surface area contributed by atoms with E-state index in [-0.39, 0.29) is 25.0 Å². The zero-order valence-corrected chi connectivity index (χ0v) is 19.1. The fraction of sp³-hybridized carbons (Fsp3) is 0.231. The molecule has 5 nitrogen and oxygen atoms in total. The maximum absolute atomic E-state index is 13.3. The Morgan fingerprint density at radius 3 is 2.27 bits per heavy atom. The lowest BCUT2D eigenvalue weighted by Crippen LogP contribution is -2.51. The van der Waals surface area contributed by atoms with Crippen LogP contribution in [0.5, 0.6) is 5.75 Å². The minimum absolute atomic E-state index is 0.206. The number of nitrogens with one attached hydrogen (secondary N) is 1. The van der Waals surface area contributed by atoms with Crippen molar-refractivity contribution in [1.29, 1.82) is 0 Å². The predicted molar refractivity (Wildman–Crippen MR) is 127 cm³/mol. The number of carbonyl (C=O) groups excluding carboxylic acids is 2. The Morgan fingerprint density at radius 2 is 1.64 bits per heavy atom. The molecule has 1 atom stereocenters. The van der Waals surface area contributed by atoms with Crippen LogP contribution in [0.2, 0.25) is 5.02 Å². The highest BCUT2D eigenvalue weighted by atomic mass is 35.5. The molecule has 0 bridgehead atoms. The molecule has 2 amide bonds. The number of ether oxygens (including phenoxy) is 1. The Hall–Kier alpha value is -3.38. The summed E-state index contributed by atoms with van der Waals surface area (Å²) in [5, 5.41) is 3.42. The third-order valence-electron chi connectivity index (χ3n) is 5.06. The summed E-state index contributed by atoms with van der Waals surface area (Å²) in [5.41, 5.74) is 1.76. The lowest BCUT2D eigenvalue weighted by atomic mass is 10.0. The van der Waals surface area contributed by atoms with Crippen LogP contribution in [0.3, 0.4) is 0 Å². The van der Waals surface area contributed by atoms with Crippen LogP contribution in [0.15, 0.2) is 78.9 Å². The molecule has 0 aliphatic heterocycles. The summed E-state index contributed by atoms with van der Waals surface area (Å²) in [6.45, 7) is 2.20. The highest BCUT2D eigenvalue weighted by Crippen LogP contribution is 2.18. The number of nitrogens with zero attached hydrogens (tertiary/aromatic N) is 1. The summed E-state index contributed by atoms with van der Waals surface area (Å²) < 4.78 is 18.8. The molecule has 3 rings (SSSR count). The molecule has 0 fully saturated rings. The first-order valence-electron chi connectivity index (χ1n) is 10.7. The Bertz CT molecular complexity index is 1040. The van der Waals surface area contributed by atoms with E-state index in [2.05, 4.69) is 5.32 Å². The van der Waals surface area contributed by atoms with Gasteiger partial charge in [0.05, 0.1) is 0 Å². The molecule has 33 heavy (non-hydrogen) atoms. The van der Waals surface area contributed by atoms with Crippen LogP contribution in [0.4, 0.5) is 4.39 Å². The molecule has 0 spiro atoms. The van der Waals surface area contributed by atoms with Crippen molar-refractivity contribution < 1.29 is 18.7 Å². The number of hydrogen-bond donors (Lipinski definition) is 1. The number of hydrogen-bond acceptors (Lipinski definition) is 3. The minimum atomic E-state index is -0.743. The summed E-state index contributed by atoms with van der Waals surface area (Å²) in [4.78, 5) is 27.9. The molecule has 0 radical (unpaired) electrons. The Kier molecular flexibility index (Phi) is 8.84. The lowest BCUT2D eigenvalue weighted by Gasteiger charge is -2.31. The van der Waals surface area contributed by atoms with Gasteiger partial charge in [-0.15, -0.1) is 0 Å². The van der Waals surface area contributed by atoms with Crippen molar-refractivity contribution in [2.75, 3.05) is 13.2 Å². The summed E-state index contributed by atoms with van der Waals surface area (Å²) in [6.07, 6.45) is 0.350. The van der Waals surface area contributed by atoms with Gasteiger partial charge in [0, 0.05) is 24.5 Å². The number of amides is 2. The maximum atomic E-state index is 13.3. The molecule has 0 aliphatic rings. The van der Waals surface area contributed by atoms with E-state index in [1.54, 1.807) is 12.1 Å². The number of likely N-dealkylation sites (N-methyl/N-ethyl adjacent to an activating group) is 1. The van der Waals surface area contributed by atoms with E-state index in [9.17, 15) is 14.0 Å². The monoisotopic (exact) mass is 468 g/mol. The summed E-state index contributed by atoms with van der Waals surface area (Å²) in [7, 11) is 0. The van der Waals surface area contributed by atoms with Gasteiger partial charge in [-0.25, -0.2) is 4.39 Å². The van der Waals surface area contributed by atoms with Crippen LogP contribution in [0.25, 0.3) is 0 Å². The number of benzene rings is 3. The van der Waals surface area contributed by atoms with Crippen molar-refractivity contribution in [3.8, 4) is 5.75 Å². The van der Waals surface area contributed by atoms with Gasteiger partial charge in [0.1, 0.15) is 17.6 Å². The van der Waals surface area contributed by atoms with E-state index in [1.807, 2.05) is 49.4 Å². The van der Waals surface area contributed by atoms with Crippen LogP contribution < -0.4 is 10.1 Å². The largest absolute Gasteiger partial charge is 0.484 e. The Labute approximate surface area is 198 Å². The van der Waals surface area contributed by atoms with Gasteiger partial charge in [0.15, 0.2) is 6.61 Å². The second kappa shape index (κ2) is 12.0. The van der Waals surface area contributed by atoms with E-state index in [0.717, 1.165) is 11.1 Å². The highest BCUT2D eigenvalue weighted by molar-refractivity contribution is 6.30. The zero-order valence-electron chi connectivity index (χ0n) is 18.3. The predicted octanol–water partition coefficient (Wildman–Crippen LogP) is 4.63. The van der Waals surface area contributed by atoms with Crippen molar-refractivity contribution in [3.05, 3.63) is 101 Å². The van der Waals surface area contributed by atoms with Gasteiger partial charge < -0.3 is 15.0 Å². The second-order valence-corrected chi connectivity index (χ2v) is 7.93. The molecule has 1 unspecified atom stereocenters. The first-order valence-corrected chi connectivity index (χ1v) is 11.1. The standard InChI is InChI=1S/C26H26ClFN2O3/c1-2-29-26(32)24(16-19-6-4-3-5-7-19)30(17-20-8-10-21(27)11-9-20)25(31)18-33-23-14-12-22(28)13-15-23/h3-15,24H,2,16-18H2,1H3,(H,29,32). The molecule has 7 heteroatoms. The molecule has 0 saturated heterocycles. The van der Waals surface area contributed by atoms with Crippen LogP contribution in [-0.2, 0) is 22.6 Å². The summed E-state index contributed by atoms with van der Waals surface area (Å²) in [6, 6.07) is 21.4. The number of carbonyl (C=O) groups is 2. The van der Waals surface area contributed by atoms with Gasteiger partial charge in [-0.3, -0.25) is 9.59 Å². The molecule has 0 saturated carbocycles. The third kappa shape index (κ3) is 7.32. The average Bonchev–Trinajstić information content (AvgIpc) is 2.82. The molecule has 1 N–H and O–H groups in total.